The van der Waals surface area contributed by atoms with Gasteiger partial charge >= 0.3 is 0 Å². The smallest absolute Gasteiger partial charge is 0.137 e. The number of benzene rings is 2. The van der Waals surface area contributed by atoms with E-state index in [2.05, 4.69) is 53.3 Å². The fourth-order valence-corrected chi connectivity index (χ4v) is 2.17. The Balaban J connectivity index is 2.11. The van der Waals surface area contributed by atoms with Gasteiger partial charge in [-0.15, -0.1) is 0 Å². The molecule has 0 aliphatic rings. The summed E-state index contributed by atoms with van der Waals surface area (Å²) in [4.78, 5) is 0. The van der Waals surface area contributed by atoms with Crippen molar-refractivity contribution >= 4 is 21.6 Å². The van der Waals surface area contributed by atoms with Crippen LogP contribution in [0.3, 0.4) is 0 Å². The minimum Gasteiger partial charge on any atom is -0.381 e. The first kappa shape index (κ1) is 13.1. The maximum atomic E-state index is 13.1. The van der Waals surface area contributed by atoms with Crippen LogP contribution < -0.4 is 5.32 Å². The Morgan fingerprint density at radius 2 is 1.89 bits per heavy atom. The second-order valence-corrected chi connectivity index (χ2v) is 5.27. The lowest BCUT2D eigenvalue weighted by molar-refractivity contribution is 0.621. The third-order valence-corrected chi connectivity index (χ3v) is 3.51. The lowest BCUT2D eigenvalue weighted by Crippen LogP contribution is -2.01. The predicted molar refractivity (Wildman–Crippen MR) is 77.3 cm³/mol. The predicted octanol–water partition coefficient (Wildman–Crippen LogP) is 4.82. The Morgan fingerprint density at radius 1 is 1.11 bits per heavy atom. The lowest BCUT2D eigenvalue weighted by atomic mass is 10.1. The van der Waals surface area contributed by atoms with Crippen LogP contribution in [0.1, 0.15) is 16.7 Å². The van der Waals surface area contributed by atoms with Crippen LogP contribution in [0, 0.1) is 19.7 Å². The van der Waals surface area contributed by atoms with E-state index in [0.717, 1.165) is 12.2 Å². The number of hydrogen-bond donors (Lipinski definition) is 1. The van der Waals surface area contributed by atoms with E-state index in [4.69, 9.17) is 0 Å². The summed E-state index contributed by atoms with van der Waals surface area (Å²) in [7, 11) is 0. The molecule has 0 fully saturated rings. The molecule has 1 N–H and O–H groups in total. The fourth-order valence-electron chi connectivity index (χ4n) is 1.79. The van der Waals surface area contributed by atoms with Crippen molar-refractivity contribution in [3.8, 4) is 0 Å². The van der Waals surface area contributed by atoms with Crippen molar-refractivity contribution in [1.29, 1.82) is 0 Å². The fraction of sp³-hybridized carbons (Fsp3) is 0.200. The SMILES string of the molecule is Cc1ccc(C)c(CNc2ccc(F)c(Br)c2)c1. The molecular weight excluding hydrogens is 293 g/mol. The van der Waals surface area contributed by atoms with Crippen molar-refractivity contribution in [2.24, 2.45) is 0 Å². The summed E-state index contributed by atoms with van der Waals surface area (Å²) in [6.45, 7) is 4.92. The van der Waals surface area contributed by atoms with Gasteiger partial charge in [-0.25, -0.2) is 4.39 Å². The number of halogens is 2. The molecule has 0 aromatic heterocycles. The first-order valence-electron chi connectivity index (χ1n) is 5.81. The number of hydrogen-bond acceptors (Lipinski definition) is 1. The molecule has 0 aliphatic heterocycles. The van der Waals surface area contributed by atoms with E-state index in [1.54, 1.807) is 12.1 Å². The number of rotatable bonds is 3. The summed E-state index contributed by atoms with van der Waals surface area (Å²) in [6.07, 6.45) is 0. The van der Waals surface area contributed by atoms with Crippen molar-refractivity contribution in [2.45, 2.75) is 20.4 Å². The quantitative estimate of drug-likeness (QED) is 0.857. The maximum Gasteiger partial charge on any atom is 0.137 e. The number of nitrogens with one attached hydrogen (secondary N) is 1. The van der Waals surface area contributed by atoms with Crippen LogP contribution in [-0.2, 0) is 6.54 Å². The van der Waals surface area contributed by atoms with Gasteiger partial charge in [0, 0.05) is 12.2 Å². The van der Waals surface area contributed by atoms with Gasteiger partial charge in [-0.3, -0.25) is 0 Å². The number of anilines is 1. The standard InChI is InChI=1S/C15H15BrFN/c1-10-3-4-11(2)12(7-10)9-18-13-5-6-15(17)14(16)8-13/h3-8,18H,9H2,1-2H3. The van der Waals surface area contributed by atoms with Gasteiger partial charge in [0.25, 0.3) is 0 Å². The third-order valence-electron chi connectivity index (χ3n) is 2.91. The molecule has 0 radical (unpaired) electrons. The number of aryl methyl sites for hydroxylation is 2. The first-order valence-corrected chi connectivity index (χ1v) is 6.60. The minimum atomic E-state index is -0.243. The normalized spacial score (nSPS) is 10.4. The molecule has 2 aromatic carbocycles. The Hall–Kier alpha value is -1.35. The molecule has 0 aliphatic carbocycles. The molecule has 18 heavy (non-hydrogen) atoms. The van der Waals surface area contributed by atoms with Crippen LogP contribution in [0.2, 0.25) is 0 Å². The lowest BCUT2D eigenvalue weighted by Gasteiger charge is -2.10. The van der Waals surface area contributed by atoms with Gasteiger partial charge in [0.2, 0.25) is 0 Å². The first-order chi connectivity index (χ1) is 8.56. The minimum absolute atomic E-state index is 0.243. The van der Waals surface area contributed by atoms with Crippen LogP contribution in [-0.4, -0.2) is 0 Å². The van der Waals surface area contributed by atoms with Gasteiger partial charge in [0.15, 0.2) is 0 Å². The van der Waals surface area contributed by atoms with Gasteiger partial charge in [-0.05, 0) is 59.1 Å². The molecule has 1 nitrogen and oxygen atoms in total. The zero-order valence-corrected chi connectivity index (χ0v) is 12.0. The van der Waals surface area contributed by atoms with Crippen molar-refractivity contribution in [1.82, 2.24) is 0 Å². The second kappa shape index (κ2) is 5.53. The van der Waals surface area contributed by atoms with Gasteiger partial charge in [0.1, 0.15) is 5.82 Å². The van der Waals surface area contributed by atoms with Crippen LogP contribution in [0.25, 0.3) is 0 Å². The molecule has 0 unspecified atom stereocenters. The Kier molecular flexibility index (Phi) is 4.02. The van der Waals surface area contributed by atoms with Crippen molar-refractivity contribution in [3.05, 3.63) is 63.4 Å². The highest BCUT2D eigenvalue weighted by molar-refractivity contribution is 9.10. The molecule has 3 heteroatoms. The van der Waals surface area contributed by atoms with Crippen molar-refractivity contribution in [2.75, 3.05) is 5.32 Å². The molecule has 0 atom stereocenters. The molecule has 0 bridgehead atoms. The third kappa shape index (κ3) is 3.10. The molecule has 0 amide bonds. The maximum absolute atomic E-state index is 13.1. The molecule has 2 aromatic rings. The summed E-state index contributed by atoms with van der Waals surface area (Å²) in [5, 5.41) is 3.30. The Morgan fingerprint density at radius 3 is 2.61 bits per heavy atom. The monoisotopic (exact) mass is 307 g/mol. The van der Waals surface area contributed by atoms with E-state index in [-0.39, 0.29) is 5.82 Å². The van der Waals surface area contributed by atoms with Gasteiger partial charge in [-0.1, -0.05) is 23.8 Å². The van der Waals surface area contributed by atoms with Crippen LogP contribution in [0.5, 0.6) is 0 Å². The highest BCUT2D eigenvalue weighted by Crippen LogP contribution is 2.21. The zero-order chi connectivity index (χ0) is 13.1. The van der Waals surface area contributed by atoms with E-state index in [1.165, 1.54) is 22.8 Å². The van der Waals surface area contributed by atoms with E-state index >= 15 is 0 Å². The average Bonchev–Trinajstić information content (AvgIpc) is 2.34. The summed E-state index contributed by atoms with van der Waals surface area (Å²) in [6, 6.07) is 11.3. The van der Waals surface area contributed by atoms with Crippen molar-refractivity contribution < 1.29 is 4.39 Å². The second-order valence-electron chi connectivity index (χ2n) is 4.41. The van der Waals surface area contributed by atoms with Gasteiger partial charge < -0.3 is 5.32 Å². The molecule has 94 valence electrons. The van der Waals surface area contributed by atoms with E-state index in [9.17, 15) is 4.39 Å². The molecule has 0 saturated heterocycles. The largest absolute Gasteiger partial charge is 0.381 e. The van der Waals surface area contributed by atoms with E-state index in [0.29, 0.717) is 4.47 Å². The average molecular weight is 308 g/mol. The van der Waals surface area contributed by atoms with Gasteiger partial charge in [-0.2, -0.15) is 0 Å². The summed E-state index contributed by atoms with van der Waals surface area (Å²) >= 11 is 3.18. The molecular formula is C15H15BrFN. The highest BCUT2D eigenvalue weighted by atomic mass is 79.9. The van der Waals surface area contributed by atoms with Crippen LogP contribution >= 0.6 is 15.9 Å². The summed E-state index contributed by atoms with van der Waals surface area (Å²) in [5.74, 6) is -0.243. The Bertz CT molecular complexity index is 566. The topological polar surface area (TPSA) is 12.0 Å². The molecule has 0 saturated carbocycles. The van der Waals surface area contributed by atoms with Crippen LogP contribution in [0.15, 0.2) is 40.9 Å². The zero-order valence-electron chi connectivity index (χ0n) is 10.4. The Labute approximate surface area is 115 Å². The summed E-state index contributed by atoms with van der Waals surface area (Å²) in [5.41, 5.74) is 4.67. The highest BCUT2D eigenvalue weighted by Gasteiger charge is 2.02. The van der Waals surface area contributed by atoms with Gasteiger partial charge in [0.05, 0.1) is 4.47 Å². The van der Waals surface area contributed by atoms with Crippen molar-refractivity contribution in [3.63, 3.8) is 0 Å². The molecule has 0 heterocycles. The van der Waals surface area contributed by atoms with E-state index < -0.39 is 0 Å². The summed E-state index contributed by atoms with van der Waals surface area (Å²) < 4.78 is 13.6. The molecule has 2 rings (SSSR count). The molecule has 0 spiro atoms. The van der Waals surface area contributed by atoms with E-state index in [1.807, 2.05) is 0 Å². The van der Waals surface area contributed by atoms with Crippen LogP contribution in [0.4, 0.5) is 10.1 Å².